The summed E-state index contributed by atoms with van der Waals surface area (Å²) in [5, 5.41) is 7.52. The lowest BCUT2D eigenvalue weighted by Crippen LogP contribution is -2.42. The molecule has 0 radical (unpaired) electrons. The van der Waals surface area contributed by atoms with E-state index in [1.54, 1.807) is 6.20 Å². The van der Waals surface area contributed by atoms with Crippen LogP contribution in [0.5, 0.6) is 0 Å². The van der Waals surface area contributed by atoms with Gasteiger partial charge in [0.1, 0.15) is 0 Å². The Hall–Kier alpha value is -1.07. The van der Waals surface area contributed by atoms with Crippen LogP contribution in [0.4, 0.5) is 0 Å². The summed E-state index contributed by atoms with van der Waals surface area (Å²) in [5.74, 6) is 0.677. The topological polar surface area (TPSA) is 50.2 Å². The molecule has 21 heavy (non-hydrogen) atoms. The van der Waals surface area contributed by atoms with E-state index < -0.39 is 0 Å². The number of halogens is 1. The van der Waals surface area contributed by atoms with E-state index in [1.807, 2.05) is 22.8 Å². The van der Waals surface area contributed by atoms with Crippen molar-refractivity contribution in [2.24, 2.45) is 5.92 Å². The van der Waals surface area contributed by atoms with Crippen molar-refractivity contribution in [3.8, 4) is 0 Å². The van der Waals surface area contributed by atoms with Crippen molar-refractivity contribution in [3.05, 3.63) is 18.0 Å². The van der Waals surface area contributed by atoms with Crippen LogP contribution >= 0.6 is 12.4 Å². The Morgan fingerprint density at radius 1 is 1.48 bits per heavy atom. The van der Waals surface area contributed by atoms with Gasteiger partial charge in [0.2, 0.25) is 0 Å². The average Bonchev–Trinajstić information content (AvgIpc) is 2.88. The zero-order valence-electron chi connectivity index (χ0n) is 13.4. The minimum atomic E-state index is -0.0882. The number of nitrogens with one attached hydrogen (secondary N) is 1. The van der Waals surface area contributed by atoms with Crippen molar-refractivity contribution in [1.82, 2.24) is 20.0 Å². The summed E-state index contributed by atoms with van der Waals surface area (Å²) < 4.78 is 1.86. The smallest absolute Gasteiger partial charge is 0.257 e. The van der Waals surface area contributed by atoms with Gasteiger partial charge in [0.15, 0.2) is 0 Å². The first-order chi connectivity index (χ1) is 9.41. The first-order valence-corrected chi connectivity index (χ1v) is 7.41. The molecule has 1 saturated heterocycles. The number of hydrogen-bond acceptors (Lipinski definition) is 3. The minimum Gasteiger partial charge on any atom is -0.338 e. The van der Waals surface area contributed by atoms with Crippen LogP contribution in [0.25, 0.3) is 0 Å². The molecule has 1 N–H and O–H groups in total. The van der Waals surface area contributed by atoms with Gasteiger partial charge < -0.3 is 10.2 Å². The van der Waals surface area contributed by atoms with Crippen molar-refractivity contribution in [2.75, 3.05) is 26.7 Å². The van der Waals surface area contributed by atoms with Crippen molar-refractivity contribution in [1.29, 1.82) is 0 Å². The SMILES string of the molecule is CNCC1CCCN(C(=O)c2cnn(C(C)(C)C)c2)C1.Cl. The van der Waals surface area contributed by atoms with E-state index in [9.17, 15) is 4.79 Å². The minimum absolute atomic E-state index is 0. The van der Waals surface area contributed by atoms with Crippen LogP contribution < -0.4 is 5.32 Å². The van der Waals surface area contributed by atoms with Crippen molar-refractivity contribution in [3.63, 3.8) is 0 Å². The molecule has 6 heteroatoms. The van der Waals surface area contributed by atoms with E-state index in [-0.39, 0.29) is 23.9 Å². The van der Waals surface area contributed by atoms with E-state index >= 15 is 0 Å². The molecule has 1 amide bonds. The molecule has 0 bridgehead atoms. The van der Waals surface area contributed by atoms with Crippen molar-refractivity contribution in [2.45, 2.75) is 39.2 Å². The second-order valence-corrected chi connectivity index (χ2v) is 6.66. The molecule has 120 valence electrons. The van der Waals surface area contributed by atoms with Gasteiger partial charge in [-0.1, -0.05) is 0 Å². The molecule has 1 aliphatic heterocycles. The van der Waals surface area contributed by atoms with Gasteiger partial charge in [-0.25, -0.2) is 0 Å². The predicted molar refractivity (Wildman–Crippen MR) is 87.0 cm³/mol. The van der Waals surface area contributed by atoms with Crippen LogP contribution in [-0.4, -0.2) is 47.3 Å². The fourth-order valence-electron chi connectivity index (χ4n) is 2.69. The molecule has 1 atom stereocenters. The van der Waals surface area contributed by atoms with Crippen LogP contribution in [0.1, 0.15) is 44.0 Å². The maximum absolute atomic E-state index is 12.5. The molecule has 2 rings (SSSR count). The number of carbonyl (C=O) groups is 1. The molecule has 1 fully saturated rings. The third-order valence-electron chi connectivity index (χ3n) is 3.82. The van der Waals surface area contributed by atoms with Gasteiger partial charge in [-0.15, -0.1) is 12.4 Å². The van der Waals surface area contributed by atoms with Crippen LogP contribution in [0.15, 0.2) is 12.4 Å². The molecule has 0 spiro atoms. The van der Waals surface area contributed by atoms with Gasteiger partial charge in [-0.05, 0) is 53.1 Å². The zero-order valence-corrected chi connectivity index (χ0v) is 14.2. The molecule has 0 saturated carbocycles. The highest BCUT2D eigenvalue weighted by Crippen LogP contribution is 2.19. The molecule has 0 aromatic carbocycles. The van der Waals surface area contributed by atoms with Gasteiger partial charge in [0.25, 0.3) is 5.91 Å². The maximum Gasteiger partial charge on any atom is 0.257 e. The van der Waals surface area contributed by atoms with E-state index in [4.69, 9.17) is 0 Å². The molecule has 1 aliphatic rings. The number of rotatable bonds is 3. The molecular formula is C15H27ClN4O. The molecule has 5 nitrogen and oxygen atoms in total. The summed E-state index contributed by atoms with van der Waals surface area (Å²) in [4.78, 5) is 14.5. The Kier molecular flexibility index (Phi) is 6.23. The molecular weight excluding hydrogens is 288 g/mol. The Labute approximate surface area is 133 Å². The highest BCUT2D eigenvalue weighted by molar-refractivity contribution is 5.93. The monoisotopic (exact) mass is 314 g/mol. The normalized spacial score (nSPS) is 19.2. The van der Waals surface area contributed by atoms with E-state index in [2.05, 4.69) is 31.2 Å². The number of carbonyl (C=O) groups excluding carboxylic acids is 1. The number of nitrogens with zero attached hydrogens (tertiary/aromatic N) is 3. The number of piperidine rings is 1. The quantitative estimate of drug-likeness (QED) is 0.930. The number of aromatic nitrogens is 2. The lowest BCUT2D eigenvalue weighted by molar-refractivity contribution is 0.0674. The van der Waals surface area contributed by atoms with Crippen LogP contribution in [0.3, 0.4) is 0 Å². The summed E-state index contributed by atoms with van der Waals surface area (Å²) in [6.07, 6.45) is 5.84. The van der Waals surface area contributed by atoms with Crippen LogP contribution in [0.2, 0.25) is 0 Å². The predicted octanol–water partition coefficient (Wildman–Crippen LogP) is 2.13. The average molecular weight is 315 g/mol. The fourth-order valence-corrected chi connectivity index (χ4v) is 2.69. The Morgan fingerprint density at radius 2 is 2.19 bits per heavy atom. The van der Waals surface area contributed by atoms with E-state index in [1.165, 1.54) is 6.42 Å². The fraction of sp³-hybridized carbons (Fsp3) is 0.733. The molecule has 1 aromatic heterocycles. The van der Waals surface area contributed by atoms with Gasteiger partial charge >= 0.3 is 0 Å². The molecule has 1 unspecified atom stereocenters. The number of hydrogen-bond donors (Lipinski definition) is 1. The lowest BCUT2D eigenvalue weighted by Gasteiger charge is -2.32. The zero-order chi connectivity index (χ0) is 14.8. The first-order valence-electron chi connectivity index (χ1n) is 7.41. The Morgan fingerprint density at radius 3 is 2.76 bits per heavy atom. The summed E-state index contributed by atoms with van der Waals surface area (Å²) in [6.45, 7) is 8.93. The van der Waals surface area contributed by atoms with Crippen molar-refractivity contribution >= 4 is 18.3 Å². The van der Waals surface area contributed by atoms with Gasteiger partial charge in [0.05, 0.1) is 17.3 Å². The highest BCUT2D eigenvalue weighted by Gasteiger charge is 2.25. The summed E-state index contributed by atoms with van der Waals surface area (Å²) >= 11 is 0. The summed E-state index contributed by atoms with van der Waals surface area (Å²) in [6, 6.07) is 0. The number of likely N-dealkylation sites (tertiary alicyclic amines) is 1. The van der Waals surface area contributed by atoms with Crippen molar-refractivity contribution < 1.29 is 4.79 Å². The van der Waals surface area contributed by atoms with Crippen LogP contribution in [0, 0.1) is 5.92 Å². The van der Waals surface area contributed by atoms with Gasteiger partial charge in [-0.3, -0.25) is 9.48 Å². The molecule has 0 aliphatic carbocycles. The largest absolute Gasteiger partial charge is 0.338 e. The highest BCUT2D eigenvalue weighted by atomic mass is 35.5. The lowest BCUT2D eigenvalue weighted by atomic mass is 9.97. The van der Waals surface area contributed by atoms with E-state index in [0.717, 1.165) is 26.1 Å². The number of amides is 1. The molecule has 2 heterocycles. The Bertz CT molecular complexity index is 464. The third-order valence-corrected chi connectivity index (χ3v) is 3.82. The van der Waals surface area contributed by atoms with E-state index in [0.29, 0.717) is 11.5 Å². The van der Waals surface area contributed by atoms with Crippen LogP contribution in [-0.2, 0) is 5.54 Å². The Balaban J connectivity index is 0.00000220. The summed E-state index contributed by atoms with van der Waals surface area (Å²) in [7, 11) is 1.97. The van der Waals surface area contributed by atoms with Gasteiger partial charge in [-0.2, -0.15) is 5.10 Å². The summed E-state index contributed by atoms with van der Waals surface area (Å²) in [5.41, 5.74) is 0.611. The third kappa shape index (κ3) is 4.45. The maximum atomic E-state index is 12.5. The second kappa shape index (κ2) is 7.27. The van der Waals surface area contributed by atoms with Gasteiger partial charge in [0, 0.05) is 19.3 Å². The molecule has 1 aromatic rings. The first kappa shape index (κ1) is 18.0. The standard InChI is InChI=1S/C15H26N4O.ClH/c1-15(2,3)19-11-13(9-17-19)14(20)18-7-5-6-12(10-18)8-16-4;/h9,11-12,16H,5-8,10H2,1-4H3;1H. The second-order valence-electron chi connectivity index (χ2n) is 6.66.